The molecule has 1 atom stereocenters. The van der Waals surface area contributed by atoms with Crippen LogP contribution in [0.15, 0.2) is 35.4 Å². The molecule has 0 spiro atoms. The first-order valence-electron chi connectivity index (χ1n) is 5.80. The molecule has 5 heteroatoms. The number of thiazole rings is 1. The summed E-state index contributed by atoms with van der Waals surface area (Å²) in [6.45, 7) is 2.87. The van der Waals surface area contributed by atoms with Gasteiger partial charge in [0.2, 0.25) is 0 Å². The monoisotopic (exact) mass is 280 g/mol. The molecule has 1 aromatic carbocycles. The van der Waals surface area contributed by atoms with Crippen LogP contribution in [0, 0.1) is 0 Å². The van der Waals surface area contributed by atoms with Crippen molar-refractivity contribution in [2.45, 2.75) is 24.8 Å². The maximum atomic E-state index is 11.3. The third-order valence-electron chi connectivity index (χ3n) is 2.60. The van der Waals surface area contributed by atoms with E-state index in [1.54, 1.807) is 17.6 Å². The molecule has 0 aliphatic rings. The van der Waals surface area contributed by atoms with Crippen LogP contribution in [-0.2, 0) is 23.8 Å². The summed E-state index contributed by atoms with van der Waals surface area (Å²) in [7, 11) is -0.906. The molecule has 18 heavy (non-hydrogen) atoms. The van der Waals surface area contributed by atoms with Crippen LogP contribution in [0.3, 0.4) is 0 Å². The Hall–Kier alpha value is -1.20. The average Bonchev–Trinajstić information content (AvgIpc) is 2.85. The predicted octanol–water partition coefficient (Wildman–Crippen LogP) is 3.06. The maximum Gasteiger partial charge on any atom is 0.183 e. The molecule has 3 nitrogen and oxygen atoms in total. The van der Waals surface area contributed by atoms with Gasteiger partial charge >= 0.3 is 0 Å². The molecule has 0 saturated heterocycles. The number of nitrogens with one attached hydrogen (secondary N) is 1. The second-order valence-electron chi connectivity index (χ2n) is 3.94. The molecule has 0 bridgehead atoms. The fourth-order valence-electron chi connectivity index (χ4n) is 1.53. The first-order chi connectivity index (χ1) is 8.69. The summed E-state index contributed by atoms with van der Waals surface area (Å²) >= 11 is 1.69. The number of hydrogen-bond acceptors (Lipinski definition) is 4. The summed E-state index contributed by atoms with van der Waals surface area (Å²) in [5.41, 5.74) is 1.16. The lowest BCUT2D eigenvalue weighted by Crippen LogP contribution is -1.99. The van der Waals surface area contributed by atoms with Crippen LogP contribution in [0.25, 0.3) is 0 Å². The van der Waals surface area contributed by atoms with Crippen molar-refractivity contribution in [3.63, 3.8) is 0 Å². The molecule has 1 unspecified atom stereocenters. The molecule has 0 radical (unpaired) electrons. The standard InChI is InChI=1S/C13H16N2OS2/c1-3-11-9-15-13(17-11)14-8-10-4-6-12(7-5-10)18(2)16/h4-7,9H,3,8H2,1-2H3,(H,14,15). The lowest BCUT2D eigenvalue weighted by Gasteiger charge is -2.03. The van der Waals surface area contributed by atoms with E-state index in [-0.39, 0.29) is 0 Å². The topological polar surface area (TPSA) is 42.0 Å². The summed E-state index contributed by atoms with van der Waals surface area (Å²) in [6, 6.07) is 7.81. The molecular weight excluding hydrogens is 264 g/mol. The van der Waals surface area contributed by atoms with E-state index in [0.29, 0.717) is 0 Å². The van der Waals surface area contributed by atoms with Gasteiger partial charge in [-0.15, -0.1) is 11.3 Å². The third kappa shape index (κ3) is 3.40. The van der Waals surface area contributed by atoms with Gasteiger partial charge in [0.05, 0.1) is 0 Å². The van der Waals surface area contributed by atoms with Gasteiger partial charge in [0.1, 0.15) is 0 Å². The number of hydrogen-bond donors (Lipinski definition) is 1. The molecule has 0 fully saturated rings. The van der Waals surface area contributed by atoms with E-state index < -0.39 is 10.8 Å². The predicted molar refractivity (Wildman–Crippen MR) is 77.6 cm³/mol. The Bertz CT molecular complexity index is 534. The smallest absolute Gasteiger partial charge is 0.183 e. The van der Waals surface area contributed by atoms with E-state index in [0.717, 1.165) is 28.6 Å². The van der Waals surface area contributed by atoms with Crippen molar-refractivity contribution in [3.8, 4) is 0 Å². The normalized spacial score (nSPS) is 12.3. The van der Waals surface area contributed by atoms with Gasteiger partial charge in [-0.3, -0.25) is 4.21 Å². The molecule has 0 amide bonds. The Morgan fingerprint density at radius 2 is 2.06 bits per heavy atom. The van der Waals surface area contributed by atoms with E-state index in [9.17, 15) is 4.21 Å². The van der Waals surface area contributed by atoms with Gasteiger partial charge in [0.25, 0.3) is 0 Å². The van der Waals surface area contributed by atoms with E-state index in [1.165, 1.54) is 4.88 Å². The minimum absolute atomic E-state index is 0.743. The van der Waals surface area contributed by atoms with Crippen molar-refractivity contribution in [2.75, 3.05) is 11.6 Å². The van der Waals surface area contributed by atoms with Crippen LogP contribution in [-0.4, -0.2) is 15.4 Å². The van der Waals surface area contributed by atoms with E-state index in [1.807, 2.05) is 30.5 Å². The zero-order valence-corrected chi connectivity index (χ0v) is 12.1. The first-order valence-corrected chi connectivity index (χ1v) is 8.17. The highest BCUT2D eigenvalue weighted by molar-refractivity contribution is 7.84. The first kappa shape index (κ1) is 13.2. The summed E-state index contributed by atoms with van der Waals surface area (Å²) in [6.07, 6.45) is 4.63. The van der Waals surface area contributed by atoms with E-state index in [2.05, 4.69) is 17.2 Å². The zero-order chi connectivity index (χ0) is 13.0. The Kier molecular flexibility index (Phi) is 4.49. The minimum Gasteiger partial charge on any atom is -0.357 e. The highest BCUT2D eigenvalue weighted by atomic mass is 32.2. The van der Waals surface area contributed by atoms with Gasteiger partial charge in [-0.05, 0) is 24.1 Å². The Labute approximate surface area is 114 Å². The lowest BCUT2D eigenvalue weighted by atomic mass is 10.2. The molecule has 2 rings (SSSR count). The summed E-state index contributed by atoms with van der Waals surface area (Å²) in [4.78, 5) is 6.46. The minimum atomic E-state index is -0.906. The number of rotatable bonds is 5. The second-order valence-corrected chi connectivity index (χ2v) is 6.43. The van der Waals surface area contributed by atoms with Crippen LogP contribution in [0.1, 0.15) is 17.4 Å². The molecule has 0 aliphatic carbocycles. The van der Waals surface area contributed by atoms with Crippen molar-refractivity contribution in [1.82, 2.24) is 4.98 Å². The van der Waals surface area contributed by atoms with Crippen LogP contribution in [0.5, 0.6) is 0 Å². The van der Waals surface area contributed by atoms with Crippen molar-refractivity contribution in [1.29, 1.82) is 0 Å². The molecular formula is C13H16N2OS2. The molecule has 2 aromatic rings. The van der Waals surface area contributed by atoms with Gasteiger partial charge in [-0.25, -0.2) is 4.98 Å². The van der Waals surface area contributed by atoms with Crippen molar-refractivity contribution >= 4 is 27.3 Å². The molecule has 0 aliphatic heterocycles. The van der Waals surface area contributed by atoms with Gasteiger partial charge < -0.3 is 5.32 Å². The average molecular weight is 280 g/mol. The molecule has 0 saturated carbocycles. The fraction of sp³-hybridized carbons (Fsp3) is 0.308. The number of nitrogens with zero attached hydrogens (tertiary/aromatic N) is 1. The van der Waals surface area contributed by atoms with Gasteiger partial charge in [-0.2, -0.15) is 0 Å². The lowest BCUT2D eigenvalue weighted by molar-refractivity contribution is 0.687. The highest BCUT2D eigenvalue weighted by Crippen LogP contribution is 2.19. The zero-order valence-electron chi connectivity index (χ0n) is 10.5. The number of aromatic nitrogens is 1. The van der Waals surface area contributed by atoms with Crippen LogP contribution in [0.2, 0.25) is 0 Å². The van der Waals surface area contributed by atoms with Crippen LogP contribution in [0.4, 0.5) is 5.13 Å². The molecule has 1 N–H and O–H groups in total. The number of benzene rings is 1. The largest absolute Gasteiger partial charge is 0.357 e. The second kappa shape index (κ2) is 6.11. The Balaban J connectivity index is 1.95. The highest BCUT2D eigenvalue weighted by Gasteiger charge is 2.01. The van der Waals surface area contributed by atoms with Crippen LogP contribution < -0.4 is 5.32 Å². The number of anilines is 1. The maximum absolute atomic E-state index is 11.3. The van der Waals surface area contributed by atoms with Gasteiger partial charge in [-0.1, -0.05) is 19.1 Å². The van der Waals surface area contributed by atoms with E-state index in [4.69, 9.17) is 0 Å². The molecule has 96 valence electrons. The van der Waals surface area contributed by atoms with Crippen molar-refractivity contribution < 1.29 is 4.21 Å². The fourth-order valence-corrected chi connectivity index (χ4v) is 2.80. The third-order valence-corrected chi connectivity index (χ3v) is 4.64. The Morgan fingerprint density at radius 3 is 2.61 bits per heavy atom. The van der Waals surface area contributed by atoms with E-state index >= 15 is 0 Å². The van der Waals surface area contributed by atoms with Crippen molar-refractivity contribution in [2.24, 2.45) is 0 Å². The van der Waals surface area contributed by atoms with Gasteiger partial charge in [0.15, 0.2) is 5.13 Å². The summed E-state index contributed by atoms with van der Waals surface area (Å²) in [5, 5.41) is 4.25. The summed E-state index contributed by atoms with van der Waals surface area (Å²) < 4.78 is 11.3. The van der Waals surface area contributed by atoms with Crippen molar-refractivity contribution in [3.05, 3.63) is 40.9 Å². The number of aryl methyl sites for hydroxylation is 1. The quantitative estimate of drug-likeness (QED) is 0.915. The molecule has 1 heterocycles. The SMILES string of the molecule is CCc1cnc(NCc2ccc(S(C)=O)cc2)s1. The Morgan fingerprint density at radius 1 is 1.33 bits per heavy atom. The van der Waals surface area contributed by atoms with Gasteiger partial charge in [0, 0.05) is 39.6 Å². The van der Waals surface area contributed by atoms with Crippen LogP contribution >= 0.6 is 11.3 Å². The summed E-state index contributed by atoms with van der Waals surface area (Å²) in [5.74, 6) is 0. The molecule has 1 aromatic heterocycles.